The van der Waals surface area contributed by atoms with Crippen LogP contribution < -0.4 is 0 Å². The van der Waals surface area contributed by atoms with Gasteiger partial charge in [-0.05, 0) is 12.8 Å². The Hall–Kier alpha value is -0.170. The van der Waals surface area contributed by atoms with Crippen molar-refractivity contribution in [3.63, 3.8) is 0 Å². The number of nitrogens with zero attached hydrogens (tertiary/aromatic N) is 1. The van der Waals surface area contributed by atoms with Gasteiger partial charge < -0.3 is 9.47 Å². The van der Waals surface area contributed by atoms with E-state index in [1.54, 1.807) is 11.4 Å². The van der Waals surface area contributed by atoms with E-state index in [-0.39, 0.29) is 11.4 Å². The van der Waals surface area contributed by atoms with Gasteiger partial charge in [-0.15, -0.1) is 0 Å². The highest BCUT2D eigenvalue weighted by atomic mass is 32.2. The maximum atomic E-state index is 12.1. The van der Waals surface area contributed by atoms with Gasteiger partial charge in [0.25, 0.3) is 0 Å². The minimum Gasteiger partial charge on any atom is -0.380 e. The monoisotopic (exact) mass is 235 g/mol. The molecule has 0 N–H and O–H groups in total. The van der Waals surface area contributed by atoms with E-state index in [2.05, 4.69) is 0 Å². The lowest BCUT2D eigenvalue weighted by Crippen LogP contribution is -2.38. The molecule has 6 heteroatoms. The van der Waals surface area contributed by atoms with Crippen LogP contribution in [-0.4, -0.2) is 57.5 Å². The highest BCUT2D eigenvalue weighted by molar-refractivity contribution is 7.89. The van der Waals surface area contributed by atoms with Crippen LogP contribution in [0.1, 0.15) is 12.8 Å². The number of hydrogen-bond acceptors (Lipinski definition) is 4. The summed E-state index contributed by atoms with van der Waals surface area (Å²) in [5.41, 5.74) is 0. The molecule has 88 valence electrons. The van der Waals surface area contributed by atoms with Crippen molar-refractivity contribution in [3.05, 3.63) is 0 Å². The molecule has 2 atom stereocenters. The van der Waals surface area contributed by atoms with E-state index < -0.39 is 10.0 Å². The predicted molar refractivity (Wildman–Crippen MR) is 55.1 cm³/mol. The van der Waals surface area contributed by atoms with E-state index in [1.165, 1.54) is 0 Å². The van der Waals surface area contributed by atoms with Crippen molar-refractivity contribution in [3.8, 4) is 0 Å². The van der Waals surface area contributed by atoms with Crippen LogP contribution in [-0.2, 0) is 19.5 Å². The minimum atomic E-state index is -3.15. The molecule has 0 bridgehead atoms. The Bertz CT molecular complexity index is 310. The van der Waals surface area contributed by atoms with Crippen molar-refractivity contribution < 1.29 is 17.9 Å². The van der Waals surface area contributed by atoms with Crippen LogP contribution in [0.3, 0.4) is 0 Å². The van der Waals surface area contributed by atoms with Gasteiger partial charge in [-0.1, -0.05) is 0 Å². The van der Waals surface area contributed by atoms with Gasteiger partial charge in [0.05, 0.1) is 12.7 Å². The summed E-state index contributed by atoms with van der Waals surface area (Å²) in [6, 6.07) is 0. The SMILES string of the molecule is CO[C@H]1CCN(S(=O)(=O)C2CCOC2)C1. The van der Waals surface area contributed by atoms with Crippen LogP contribution in [0.4, 0.5) is 0 Å². The van der Waals surface area contributed by atoms with Crippen LogP contribution in [0.5, 0.6) is 0 Å². The summed E-state index contributed by atoms with van der Waals surface area (Å²) in [7, 11) is -1.53. The van der Waals surface area contributed by atoms with Crippen molar-refractivity contribution in [2.24, 2.45) is 0 Å². The second-order valence-electron chi connectivity index (χ2n) is 4.03. The van der Waals surface area contributed by atoms with Gasteiger partial charge >= 0.3 is 0 Å². The molecule has 0 aromatic rings. The van der Waals surface area contributed by atoms with Crippen LogP contribution in [0.2, 0.25) is 0 Å². The van der Waals surface area contributed by atoms with Gasteiger partial charge in [0.15, 0.2) is 0 Å². The number of ether oxygens (including phenoxy) is 2. The predicted octanol–water partition coefficient (Wildman–Crippen LogP) is -0.174. The van der Waals surface area contributed by atoms with Crippen LogP contribution in [0.15, 0.2) is 0 Å². The second kappa shape index (κ2) is 4.37. The number of sulfonamides is 1. The Labute approximate surface area is 90.4 Å². The quantitative estimate of drug-likeness (QED) is 0.681. The van der Waals surface area contributed by atoms with Gasteiger partial charge in [0.1, 0.15) is 5.25 Å². The molecule has 1 unspecified atom stereocenters. The maximum absolute atomic E-state index is 12.1. The van der Waals surface area contributed by atoms with E-state index in [9.17, 15) is 8.42 Å². The van der Waals surface area contributed by atoms with E-state index >= 15 is 0 Å². The van der Waals surface area contributed by atoms with Crippen molar-refractivity contribution in [2.75, 3.05) is 33.4 Å². The highest BCUT2D eigenvalue weighted by Crippen LogP contribution is 2.23. The average molecular weight is 235 g/mol. The first-order valence-corrected chi connectivity index (χ1v) is 6.74. The van der Waals surface area contributed by atoms with Crippen molar-refractivity contribution in [2.45, 2.75) is 24.2 Å². The molecular formula is C9H17NO4S. The lowest BCUT2D eigenvalue weighted by molar-refractivity contribution is 0.115. The van der Waals surface area contributed by atoms with E-state index in [1.807, 2.05) is 0 Å². The normalized spacial score (nSPS) is 33.7. The zero-order valence-corrected chi connectivity index (χ0v) is 9.70. The summed E-state index contributed by atoms with van der Waals surface area (Å²) in [4.78, 5) is 0. The molecule has 0 spiro atoms. The Morgan fingerprint density at radius 1 is 1.40 bits per heavy atom. The summed E-state index contributed by atoms with van der Waals surface area (Å²) in [5, 5.41) is -0.340. The van der Waals surface area contributed by atoms with E-state index in [0.717, 1.165) is 6.42 Å². The van der Waals surface area contributed by atoms with E-state index in [0.29, 0.717) is 32.7 Å². The van der Waals surface area contributed by atoms with Crippen molar-refractivity contribution >= 4 is 10.0 Å². The first-order valence-electron chi connectivity index (χ1n) is 5.24. The van der Waals surface area contributed by atoms with Crippen LogP contribution >= 0.6 is 0 Å². The largest absolute Gasteiger partial charge is 0.380 e. The molecule has 0 aromatic carbocycles. The molecule has 0 amide bonds. The molecule has 2 saturated heterocycles. The number of methoxy groups -OCH3 is 1. The second-order valence-corrected chi connectivity index (χ2v) is 6.25. The first-order chi connectivity index (χ1) is 7.14. The Kier molecular flexibility index (Phi) is 3.30. The van der Waals surface area contributed by atoms with Gasteiger partial charge in [-0.2, -0.15) is 4.31 Å². The molecule has 15 heavy (non-hydrogen) atoms. The molecule has 2 fully saturated rings. The van der Waals surface area contributed by atoms with Gasteiger partial charge in [0, 0.05) is 26.8 Å². The van der Waals surface area contributed by atoms with Crippen LogP contribution in [0.25, 0.3) is 0 Å². The number of hydrogen-bond donors (Lipinski definition) is 0. The topological polar surface area (TPSA) is 55.8 Å². The summed E-state index contributed by atoms with van der Waals surface area (Å²) in [5.74, 6) is 0. The zero-order chi connectivity index (χ0) is 10.9. The first kappa shape index (κ1) is 11.3. The van der Waals surface area contributed by atoms with Crippen molar-refractivity contribution in [1.82, 2.24) is 4.31 Å². The fraction of sp³-hybridized carbons (Fsp3) is 1.00. The molecule has 5 nitrogen and oxygen atoms in total. The van der Waals surface area contributed by atoms with Crippen LogP contribution in [0, 0.1) is 0 Å². The van der Waals surface area contributed by atoms with Gasteiger partial charge in [0.2, 0.25) is 10.0 Å². The third-order valence-electron chi connectivity index (χ3n) is 3.11. The fourth-order valence-corrected chi connectivity index (χ4v) is 3.90. The molecular weight excluding hydrogens is 218 g/mol. The van der Waals surface area contributed by atoms with Gasteiger partial charge in [-0.3, -0.25) is 0 Å². The smallest absolute Gasteiger partial charge is 0.219 e. The summed E-state index contributed by atoms with van der Waals surface area (Å²) in [6.07, 6.45) is 1.47. The molecule has 0 radical (unpaired) electrons. The zero-order valence-electron chi connectivity index (χ0n) is 8.89. The molecule has 2 heterocycles. The molecule has 0 saturated carbocycles. The summed E-state index contributed by atoms with van der Waals surface area (Å²) < 4.78 is 36.0. The Morgan fingerprint density at radius 2 is 2.20 bits per heavy atom. The lowest BCUT2D eigenvalue weighted by Gasteiger charge is -2.19. The average Bonchev–Trinajstić information content (AvgIpc) is 2.89. The lowest BCUT2D eigenvalue weighted by atomic mass is 10.3. The fourth-order valence-electron chi connectivity index (χ4n) is 2.08. The molecule has 2 aliphatic heterocycles. The Morgan fingerprint density at radius 3 is 2.73 bits per heavy atom. The maximum Gasteiger partial charge on any atom is 0.219 e. The Balaban J connectivity index is 2.03. The van der Waals surface area contributed by atoms with E-state index in [4.69, 9.17) is 9.47 Å². The minimum absolute atomic E-state index is 0.0575. The van der Waals surface area contributed by atoms with Gasteiger partial charge in [-0.25, -0.2) is 8.42 Å². The summed E-state index contributed by atoms with van der Waals surface area (Å²) >= 11 is 0. The standard InChI is InChI=1S/C9H17NO4S/c1-13-8-2-4-10(6-8)15(11,12)9-3-5-14-7-9/h8-9H,2-7H2,1H3/t8-,9?/m0/s1. The van der Waals surface area contributed by atoms with Crippen molar-refractivity contribution in [1.29, 1.82) is 0 Å². The number of rotatable bonds is 3. The molecule has 2 aliphatic rings. The molecule has 0 aliphatic carbocycles. The molecule has 2 rings (SSSR count). The third-order valence-corrected chi connectivity index (χ3v) is 5.38. The highest BCUT2D eigenvalue weighted by Gasteiger charge is 2.38. The molecule has 0 aromatic heterocycles. The summed E-state index contributed by atoms with van der Waals surface area (Å²) in [6.45, 7) is 1.98. The third kappa shape index (κ3) is 2.18.